The molecule has 2 rings (SSSR count). The Balaban J connectivity index is 2.17. The lowest BCUT2D eigenvalue weighted by Crippen LogP contribution is -2.38. The van der Waals surface area contributed by atoms with Crippen LogP contribution in [0, 0.1) is 11.6 Å². The molecule has 0 bridgehead atoms. The molecule has 1 aliphatic rings. The van der Waals surface area contributed by atoms with Gasteiger partial charge in [-0.15, -0.1) is 0 Å². The van der Waals surface area contributed by atoms with Crippen LogP contribution in [-0.2, 0) is 10.8 Å². The minimum Gasteiger partial charge on any atom is -0.313 e. The molecule has 1 aromatic rings. The molecule has 0 radical (unpaired) electrons. The summed E-state index contributed by atoms with van der Waals surface area (Å²) in [7, 11) is -1.28. The topological polar surface area (TPSA) is 29.1 Å². The summed E-state index contributed by atoms with van der Waals surface area (Å²) < 4.78 is 38.4. The lowest BCUT2D eigenvalue weighted by atomic mass is 10.2. The minimum absolute atomic E-state index is 0.00480. The highest BCUT2D eigenvalue weighted by molar-refractivity contribution is 7.85. The normalized spacial score (nSPS) is 25.3. The van der Waals surface area contributed by atoms with Crippen molar-refractivity contribution in [2.45, 2.75) is 42.4 Å². The predicted molar refractivity (Wildman–Crippen MR) is 67.9 cm³/mol. The van der Waals surface area contributed by atoms with Crippen LogP contribution in [0.3, 0.4) is 0 Å². The quantitative estimate of drug-likeness (QED) is 0.913. The molecule has 0 saturated heterocycles. The van der Waals surface area contributed by atoms with Crippen molar-refractivity contribution in [3.63, 3.8) is 0 Å². The summed E-state index contributed by atoms with van der Waals surface area (Å²) in [5.74, 6) is -1.83. The summed E-state index contributed by atoms with van der Waals surface area (Å²) in [5.41, 5.74) is 0. The molecule has 1 aromatic carbocycles. The van der Waals surface area contributed by atoms with Gasteiger partial charge in [-0.25, -0.2) is 8.78 Å². The maximum absolute atomic E-state index is 13.1. The molecule has 2 nitrogen and oxygen atoms in total. The van der Waals surface area contributed by atoms with Crippen molar-refractivity contribution < 1.29 is 13.0 Å². The average molecular weight is 273 g/mol. The van der Waals surface area contributed by atoms with Crippen molar-refractivity contribution in [3.05, 3.63) is 29.8 Å². The van der Waals surface area contributed by atoms with E-state index in [-0.39, 0.29) is 11.3 Å². The molecule has 5 heteroatoms. The molecule has 100 valence electrons. The van der Waals surface area contributed by atoms with Gasteiger partial charge in [-0.05, 0) is 37.6 Å². The Morgan fingerprint density at radius 3 is 2.78 bits per heavy atom. The van der Waals surface area contributed by atoms with Crippen molar-refractivity contribution >= 4 is 10.8 Å². The van der Waals surface area contributed by atoms with Gasteiger partial charge in [0.15, 0.2) is 11.6 Å². The molecular formula is C13H17F2NOS. The van der Waals surface area contributed by atoms with E-state index in [9.17, 15) is 13.0 Å². The first-order chi connectivity index (χ1) is 8.63. The van der Waals surface area contributed by atoms with Crippen LogP contribution in [0.1, 0.15) is 26.2 Å². The van der Waals surface area contributed by atoms with Crippen LogP contribution in [0.5, 0.6) is 0 Å². The smallest absolute Gasteiger partial charge is 0.160 e. The molecule has 0 aliphatic heterocycles. The fraction of sp³-hybridized carbons (Fsp3) is 0.538. The fourth-order valence-electron chi connectivity index (χ4n) is 2.45. The Morgan fingerprint density at radius 1 is 1.33 bits per heavy atom. The number of hydrogen-bond donors (Lipinski definition) is 1. The maximum atomic E-state index is 13.1. The number of benzene rings is 1. The van der Waals surface area contributed by atoms with Crippen LogP contribution in [-0.4, -0.2) is 22.0 Å². The molecular weight excluding hydrogens is 256 g/mol. The van der Waals surface area contributed by atoms with E-state index in [2.05, 4.69) is 5.32 Å². The van der Waals surface area contributed by atoms with E-state index in [1.165, 1.54) is 6.07 Å². The number of hydrogen-bond acceptors (Lipinski definition) is 2. The Morgan fingerprint density at radius 2 is 2.11 bits per heavy atom. The van der Waals surface area contributed by atoms with Gasteiger partial charge >= 0.3 is 0 Å². The number of nitrogens with one attached hydrogen (secondary N) is 1. The highest BCUT2D eigenvalue weighted by Gasteiger charge is 2.32. The van der Waals surface area contributed by atoms with Crippen molar-refractivity contribution in [3.8, 4) is 0 Å². The lowest BCUT2D eigenvalue weighted by Gasteiger charge is -2.19. The average Bonchev–Trinajstić information content (AvgIpc) is 2.80. The molecule has 0 amide bonds. The zero-order chi connectivity index (χ0) is 13.1. The monoisotopic (exact) mass is 273 g/mol. The standard InChI is InChI=1S/C13H17F2NOS/c1-2-16-12-4-3-5-13(12)18(17)9-6-7-10(14)11(15)8-9/h6-8,12-13,16H,2-5H2,1H3. The summed E-state index contributed by atoms with van der Waals surface area (Å²) in [5, 5.41) is 3.31. The van der Waals surface area contributed by atoms with Crippen LogP contribution in [0.4, 0.5) is 8.78 Å². The van der Waals surface area contributed by atoms with Crippen molar-refractivity contribution in [1.82, 2.24) is 5.32 Å². The van der Waals surface area contributed by atoms with Gasteiger partial charge in [0.2, 0.25) is 0 Å². The van der Waals surface area contributed by atoms with Gasteiger partial charge in [0, 0.05) is 10.9 Å². The summed E-state index contributed by atoms with van der Waals surface area (Å²) in [6, 6.07) is 3.71. The molecule has 3 atom stereocenters. The number of halogens is 2. The van der Waals surface area contributed by atoms with Crippen LogP contribution in [0.25, 0.3) is 0 Å². The third-order valence-electron chi connectivity index (χ3n) is 3.32. The van der Waals surface area contributed by atoms with Gasteiger partial charge in [0.1, 0.15) is 0 Å². The SMILES string of the molecule is CCNC1CCCC1S(=O)c1ccc(F)c(F)c1. The molecule has 0 spiro atoms. The van der Waals surface area contributed by atoms with E-state index in [0.29, 0.717) is 4.90 Å². The Hall–Kier alpha value is -0.810. The molecule has 1 N–H and O–H groups in total. The first-order valence-corrected chi connectivity index (χ1v) is 7.43. The minimum atomic E-state index is -1.28. The summed E-state index contributed by atoms with van der Waals surface area (Å²) in [6.07, 6.45) is 2.88. The fourth-order valence-corrected chi connectivity index (χ4v) is 4.14. The zero-order valence-electron chi connectivity index (χ0n) is 10.3. The van der Waals surface area contributed by atoms with E-state index in [0.717, 1.165) is 37.9 Å². The zero-order valence-corrected chi connectivity index (χ0v) is 11.1. The summed E-state index contributed by atoms with van der Waals surface area (Å²) >= 11 is 0. The Bertz CT molecular complexity index is 453. The van der Waals surface area contributed by atoms with Gasteiger partial charge in [-0.2, -0.15) is 0 Å². The number of rotatable bonds is 4. The third-order valence-corrected chi connectivity index (χ3v) is 5.15. The largest absolute Gasteiger partial charge is 0.313 e. The third kappa shape index (κ3) is 2.78. The molecule has 1 aliphatic carbocycles. The summed E-state index contributed by atoms with van der Waals surface area (Å²) in [4.78, 5) is 0.378. The van der Waals surface area contributed by atoms with E-state index in [4.69, 9.17) is 0 Å². The summed E-state index contributed by atoms with van der Waals surface area (Å²) in [6.45, 7) is 2.84. The van der Waals surface area contributed by atoms with Crippen LogP contribution in [0.2, 0.25) is 0 Å². The van der Waals surface area contributed by atoms with Gasteiger partial charge in [-0.3, -0.25) is 4.21 Å². The second kappa shape index (κ2) is 5.89. The lowest BCUT2D eigenvalue weighted by molar-refractivity contribution is 0.505. The van der Waals surface area contributed by atoms with Crippen molar-refractivity contribution in [1.29, 1.82) is 0 Å². The molecule has 1 saturated carbocycles. The molecule has 0 aromatic heterocycles. The van der Waals surface area contributed by atoms with Gasteiger partial charge in [0.25, 0.3) is 0 Å². The predicted octanol–water partition coefficient (Wildman–Crippen LogP) is 2.60. The van der Waals surface area contributed by atoms with E-state index < -0.39 is 22.4 Å². The first kappa shape index (κ1) is 13.6. The van der Waals surface area contributed by atoms with Crippen LogP contribution in [0.15, 0.2) is 23.1 Å². The van der Waals surface area contributed by atoms with E-state index >= 15 is 0 Å². The van der Waals surface area contributed by atoms with Gasteiger partial charge < -0.3 is 5.32 Å². The van der Waals surface area contributed by atoms with Crippen molar-refractivity contribution in [2.75, 3.05) is 6.54 Å². The van der Waals surface area contributed by atoms with Crippen LogP contribution < -0.4 is 5.32 Å². The van der Waals surface area contributed by atoms with E-state index in [1.54, 1.807) is 0 Å². The maximum Gasteiger partial charge on any atom is 0.160 e. The molecule has 3 unspecified atom stereocenters. The van der Waals surface area contributed by atoms with Crippen LogP contribution >= 0.6 is 0 Å². The van der Waals surface area contributed by atoms with E-state index in [1.807, 2.05) is 6.92 Å². The second-order valence-electron chi connectivity index (χ2n) is 4.51. The molecule has 18 heavy (non-hydrogen) atoms. The molecule has 1 fully saturated rings. The Labute approximate surface area is 108 Å². The second-order valence-corrected chi connectivity index (χ2v) is 6.18. The molecule has 0 heterocycles. The first-order valence-electron chi connectivity index (χ1n) is 6.22. The van der Waals surface area contributed by atoms with Gasteiger partial charge in [-0.1, -0.05) is 13.3 Å². The highest BCUT2D eigenvalue weighted by atomic mass is 32.2. The Kier molecular flexibility index (Phi) is 4.45. The van der Waals surface area contributed by atoms with Crippen molar-refractivity contribution in [2.24, 2.45) is 0 Å². The van der Waals surface area contributed by atoms with Gasteiger partial charge in [0.05, 0.1) is 16.0 Å². The highest BCUT2D eigenvalue weighted by Crippen LogP contribution is 2.28.